The first-order valence-corrected chi connectivity index (χ1v) is 7.23. The van der Waals surface area contributed by atoms with Crippen LogP contribution in [0.2, 0.25) is 0 Å². The molecule has 0 aromatic heterocycles. The second-order valence-electron chi connectivity index (χ2n) is 6.41. The number of ether oxygens (including phenoxy) is 2. The molecule has 0 heterocycles. The van der Waals surface area contributed by atoms with Crippen LogP contribution in [0.3, 0.4) is 0 Å². The summed E-state index contributed by atoms with van der Waals surface area (Å²) in [5.41, 5.74) is 0.152. The lowest BCUT2D eigenvalue weighted by Crippen LogP contribution is -2.35. The van der Waals surface area contributed by atoms with E-state index in [2.05, 4.69) is 5.32 Å². The first-order chi connectivity index (χ1) is 9.85. The minimum absolute atomic E-state index is 0.187. The van der Waals surface area contributed by atoms with Gasteiger partial charge in [0.2, 0.25) is 0 Å². The monoisotopic (exact) mass is 293 g/mol. The highest BCUT2D eigenvalue weighted by molar-refractivity contribution is 5.84. The van der Waals surface area contributed by atoms with Crippen molar-refractivity contribution in [3.63, 3.8) is 0 Å². The minimum Gasteiger partial charge on any atom is -0.490 e. The van der Waals surface area contributed by atoms with Gasteiger partial charge in [-0.1, -0.05) is 0 Å². The number of amides is 1. The van der Waals surface area contributed by atoms with Crippen molar-refractivity contribution in [2.45, 2.75) is 45.3 Å². The van der Waals surface area contributed by atoms with Crippen LogP contribution >= 0.6 is 0 Å². The first kappa shape index (κ1) is 15.6. The minimum atomic E-state index is -0.513. The third kappa shape index (κ3) is 4.93. The highest BCUT2D eigenvalue weighted by atomic mass is 16.6. The molecule has 5 heteroatoms. The van der Waals surface area contributed by atoms with Crippen molar-refractivity contribution < 1.29 is 19.4 Å². The maximum atomic E-state index is 11.6. The smallest absolute Gasteiger partial charge is 0.412 e. The van der Waals surface area contributed by atoms with Crippen LogP contribution in [-0.4, -0.2) is 29.5 Å². The Balaban J connectivity index is 1.81. The van der Waals surface area contributed by atoms with E-state index in [9.17, 15) is 4.79 Å². The summed E-state index contributed by atoms with van der Waals surface area (Å²) >= 11 is 0. The lowest BCUT2D eigenvalue weighted by molar-refractivity contribution is 0.0325. The zero-order chi connectivity index (χ0) is 15.5. The number of aliphatic hydroxyl groups excluding tert-OH is 1. The molecule has 0 unspecified atom stereocenters. The van der Waals surface area contributed by atoms with Crippen molar-refractivity contribution in [3.8, 4) is 5.75 Å². The first-order valence-electron chi connectivity index (χ1n) is 7.23. The molecule has 1 fully saturated rings. The van der Waals surface area contributed by atoms with E-state index >= 15 is 0 Å². The van der Waals surface area contributed by atoms with Crippen LogP contribution < -0.4 is 10.1 Å². The van der Waals surface area contributed by atoms with Crippen molar-refractivity contribution >= 4 is 11.8 Å². The van der Waals surface area contributed by atoms with Gasteiger partial charge in [0.05, 0.1) is 6.10 Å². The van der Waals surface area contributed by atoms with Gasteiger partial charge in [-0.05, 0) is 63.8 Å². The summed E-state index contributed by atoms with van der Waals surface area (Å²) in [6.45, 7) is 5.70. The van der Waals surface area contributed by atoms with Crippen molar-refractivity contribution in [3.05, 3.63) is 24.3 Å². The summed E-state index contributed by atoms with van der Waals surface area (Å²) in [4.78, 5) is 11.6. The Morgan fingerprint density at radius 3 is 2.43 bits per heavy atom. The highest BCUT2D eigenvalue weighted by Crippen LogP contribution is 2.31. The number of carbonyl (C=O) groups is 1. The van der Waals surface area contributed by atoms with Gasteiger partial charge in [-0.3, -0.25) is 5.32 Å². The molecule has 2 N–H and O–H groups in total. The van der Waals surface area contributed by atoms with Crippen LogP contribution in [0.1, 0.15) is 33.6 Å². The third-order valence-corrected chi connectivity index (χ3v) is 3.25. The molecule has 0 spiro atoms. The number of carbonyl (C=O) groups excluding carboxylic acids is 1. The molecule has 2 rings (SSSR count). The second-order valence-corrected chi connectivity index (χ2v) is 6.41. The Morgan fingerprint density at radius 1 is 1.29 bits per heavy atom. The van der Waals surface area contributed by atoms with Gasteiger partial charge >= 0.3 is 6.09 Å². The average molecular weight is 293 g/mol. The topological polar surface area (TPSA) is 67.8 Å². The van der Waals surface area contributed by atoms with Gasteiger partial charge in [0.25, 0.3) is 0 Å². The number of anilines is 1. The predicted octanol–water partition coefficient (Wildman–Crippen LogP) is 3.18. The number of hydrogen-bond acceptors (Lipinski definition) is 4. The number of nitrogens with one attached hydrogen (secondary N) is 1. The van der Waals surface area contributed by atoms with Crippen LogP contribution in [0.4, 0.5) is 10.5 Å². The fourth-order valence-electron chi connectivity index (χ4n) is 2.15. The predicted molar refractivity (Wildman–Crippen MR) is 80.5 cm³/mol. The van der Waals surface area contributed by atoms with E-state index in [-0.39, 0.29) is 12.7 Å². The molecule has 0 saturated heterocycles. The van der Waals surface area contributed by atoms with Crippen molar-refractivity contribution in [1.82, 2.24) is 0 Å². The van der Waals surface area contributed by atoms with Crippen LogP contribution in [0.15, 0.2) is 24.3 Å². The van der Waals surface area contributed by atoms with Gasteiger partial charge in [-0.25, -0.2) is 4.79 Å². The lowest BCUT2D eigenvalue weighted by Gasteiger charge is -2.34. The maximum absolute atomic E-state index is 11.6. The fraction of sp³-hybridized carbons (Fsp3) is 0.562. The van der Waals surface area contributed by atoms with Gasteiger partial charge < -0.3 is 14.6 Å². The normalized spacial score (nSPS) is 21.3. The van der Waals surface area contributed by atoms with Crippen molar-refractivity contribution in [2.75, 3.05) is 11.9 Å². The number of aliphatic hydroxyl groups is 1. The standard InChI is InChI=1S/C16H23NO4/c1-16(2,3)21-15(19)17-12-4-6-13(7-5-12)20-14-8-11(9-14)10-18/h4-7,11,14,18H,8-10H2,1-3H3,(H,17,19). The van der Waals surface area contributed by atoms with E-state index in [1.54, 1.807) is 12.1 Å². The van der Waals surface area contributed by atoms with Gasteiger partial charge in [0.15, 0.2) is 0 Å². The molecule has 5 nitrogen and oxygen atoms in total. The van der Waals surface area contributed by atoms with E-state index in [0.29, 0.717) is 11.6 Å². The summed E-state index contributed by atoms with van der Waals surface area (Å²) in [5, 5.41) is 11.6. The quantitative estimate of drug-likeness (QED) is 0.894. The molecule has 1 saturated carbocycles. The Bertz CT molecular complexity index is 472. The van der Waals surface area contributed by atoms with E-state index in [1.807, 2.05) is 32.9 Å². The van der Waals surface area contributed by atoms with E-state index in [1.165, 1.54) is 0 Å². The molecule has 0 bridgehead atoms. The number of hydrogen-bond donors (Lipinski definition) is 2. The largest absolute Gasteiger partial charge is 0.490 e. The molecular formula is C16H23NO4. The molecule has 0 aliphatic heterocycles. The molecule has 1 aliphatic rings. The zero-order valence-corrected chi connectivity index (χ0v) is 12.8. The molecule has 1 aromatic carbocycles. The van der Waals surface area contributed by atoms with Crippen molar-refractivity contribution in [1.29, 1.82) is 0 Å². The molecule has 1 amide bonds. The van der Waals surface area contributed by atoms with E-state index < -0.39 is 11.7 Å². The third-order valence-electron chi connectivity index (χ3n) is 3.25. The van der Waals surface area contributed by atoms with Crippen LogP contribution in [0.25, 0.3) is 0 Å². The molecule has 0 atom stereocenters. The Labute approximate surface area is 125 Å². The second kappa shape index (κ2) is 6.35. The fourth-order valence-corrected chi connectivity index (χ4v) is 2.15. The van der Waals surface area contributed by atoms with Crippen molar-refractivity contribution in [2.24, 2.45) is 5.92 Å². The van der Waals surface area contributed by atoms with Gasteiger partial charge in [-0.2, -0.15) is 0 Å². The Morgan fingerprint density at radius 2 is 1.90 bits per heavy atom. The van der Waals surface area contributed by atoms with Crippen LogP contribution in [-0.2, 0) is 4.74 Å². The lowest BCUT2D eigenvalue weighted by atomic mass is 9.83. The molecule has 0 radical (unpaired) electrons. The van der Waals surface area contributed by atoms with E-state index in [4.69, 9.17) is 14.6 Å². The molecular weight excluding hydrogens is 270 g/mol. The Kier molecular flexibility index (Phi) is 4.73. The average Bonchev–Trinajstić information content (AvgIpc) is 2.32. The van der Waals surface area contributed by atoms with E-state index in [0.717, 1.165) is 18.6 Å². The summed E-state index contributed by atoms with van der Waals surface area (Å²) in [7, 11) is 0. The van der Waals surface area contributed by atoms with Gasteiger partial charge in [0, 0.05) is 12.3 Å². The molecule has 21 heavy (non-hydrogen) atoms. The highest BCUT2D eigenvalue weighted by Gasteiger charge is 2.30. The number of rotatable bonds is 4. The Hall–Kier alpha value is -1.75. The summed E-state index contributed by atoms with van der Waals surface area (Å²) in [5.74, 6) is 1.15. The SMILES string of the molecule is CC(C)(C)OC(=O)Nc1ccc(OC2CC(CO)C2)cc1. The van der Waals surface area contributed by atoms with Gasteiger partial charge in [0.1, 0.15) is 11.4 Å². The van der Waals surface area contributed by atoms with Crippen LogP contribution in [0, 0.1) is 5.92 Å². The van der Waals surface area contributed by atoms with Gasteiger partial charge in [-0.15, -0.1) is 0 Å². The van der Waals surface area contributed by atoms with Crippen LogP contribution in [0.5, 0.6) is 5.75 Å². The molecule has 1 aliphatic carbocycles. The summed E-state index contributed by atoms with van der Waals surface area (Å²) in [6, 6.07) is 7.20. The maximum Gasteiger partial charge on any atom is 0.412 e. The molecule has 1 aromatic rings. The zero-order valence-electron chi connectivity index (χ0n) is 12.8. The summed E-state index contributed by atoms with van der Waals surface area (Å²) < 4.78 is 11.0. The summed E-state index contributed by atoms with van der Waals surface area (Å²) in [6.07, 6.45) is 1.51. The molecule has 116 valence electrons. The number of benzene rings is 1.